The van der Waals surface area contributed by atoms with Crippen molar-refractivity contribution in [3.05, 3.63) is 60.6 Å². The molecule has 200 valence electrons. The van der Waals surface area contributed by atoms with Gasteiger partial charge in [0.15, 0.2) is 5.16 Å². The Morgan fingerprint density at radius 3 is 2.50 bits per heavy atom. The molecule has 0 N–H and O–H groups in total. The number of carbonyl (C=O) groups is 1. The number of aldehydes is 1. The van der Waals surface area contributed by atoms with Crippen LogP contribution in [0.2, 0.25) is 0 Å². The smallest absolute Gasteiger partial charge is 0.243 e. The van der Waals surface area contributed by atoms with Crippen LogP contribution >= 0.6 is 11.8 Å². The van der Waals surface area contributed by atoms with Gasteiger partial charge >= 0.3 is 0 Å². The van der Waals surface area contributed by atoms with Crippen LogP contribution in [0.4, 0.5) is 0 Å². The first-order chi connectivity index (χ1) is 18.3. The molecular formula is C27H31N5O4S2. The Hall–Kier alpha value is -3.15. The van der Waals surface area contributed by atoms with Crippen LogP contribution in [0.1, 0.15) is 38.2 Å². The fraction of sp³-hybridized carbons (Fsp3) is 0.370. The summed E-state index contributed by atoms with van der Waals surface area (Å²) in [6.07, 6.45) is 7.92. The van der Waals surface area contributed by atoms with E-state index in [0.717, 1.165) is 33.1 Å². The summed E-state index contributed by atoms with van der Waals surface area (Å²) in [7, 11) is -1.66. The van der Waals surface area contributed by atoms with Crippen molar-refractivity contribution in [3.63, 3.8) is 0 Å². The van der Waals surface area contributed by atoms with E-state index in [1.54, 1.807) is 34.8 Å². The van der Waals surface area contributed by atoms with Crippen molar-refractivity contribution < 1.29 is 17.9 Å². The molecule has 0 radical (unpaired) electrons. The number of piperidine rings is 1. The number of imidazole rings is 1. The van der Waals surface area contributed by atoms with E-state index in [-0.39, 0.29) is 23.5 Å². The quantitative estimate of drug-likeness (QED) is 0.282. The number of aromatic nitrogens is 4. The molecule has 0 unspecified atom stereocenters. The third-order valence-corrected chi connectivity index (χ3v) is 9.62. The Kier molecular flexibility index (Phi) is 7.60. The van der Waals surface area contributed by atoms with Gasteiger partial charge in [0, 0.05) is 44.1 Å². The summed E-state index contributed by atoms with van der Waals surface area (Å²) in [5.74, 6) is 0.827. The first-order valence-corrected chi connectivity index (χ1v) is 14.9. The summed E-state index contributed by atoms with van der Waals surface area (Å²) in [4.78, 5) is 20.9. The molecule has 0 atom stereocenters. The molecule has 3 aromatic heterocycles. The van der Waals surface area contributed by atoms with Gasteiger partial charge in [-0.2, -0.15) is 4.31 Å². The van der Waals surface area contributed by atoms with Gasteiger partial charge in [0.05, 0.1) is 17.5 Å². The number of hydrogen-bond acceptors (Lipinski definition) is 7. The van der Waals surface area contributed by atoms with Crippen LogP contribution in [0.3, 0.4) is 0 Å². The van der Waals surface area contributed by atoms with Gasteiger partial charge in [-0.05, 0) is 86.3 Å². The molecule has 4 heterocycles. The lowest BCUT2D eigenvalue weighted by Crippen LogP contribution is -2.37. The molecule has 4 aromatic rings. The number of fused-ring (bicyclic) bond motifs is 1. The van der Waals surface area contributed by atoms with Crippen molar-refractivity contribution in [2.75, 3.05) is 13.1 Å². The van der Waals surface area contributed by atoms with Crippen LogP contribution in [-0.2, 0) is 28.4 Å². The van der Waals surface area contributed by atoms with E-state index in [9.17, 15) is 13.2 Å². The van der Waals surface area contributed by atoms with Crippen molar-refractivity contribution in [1.82, 2.24) is 23.4 Å². The third kappa shape index (κ3) is 5.36. The standard InChI is InChI=1S/C27H31N5O4S2/c1-19(2)36-21-4-6-22(7-5-21)38(34,35)32-13-10-20(11-14-32)24-18-31(16-17-33)26-23(24)8-9-25(29-26)37-27-28-12-15-30(27)3/h4-9,12,15,17-20H,10-11,13-14,16H2,1-3H3. The largest absolute Gasteiger partial charge is 0.491 e. The van der Waals surface area contributed by atoms with Gasteiger partial charge in [0.1, 0.15) is 22.7 Å². The van der Waals surface area contributed by atoms with Crippen LogP contribution in [0.25, 0.3) is 11.0 Å². The van der Waals surface area contributed by atoms with Gasteiger partial charge in [-0.15, -0.1) is 0 Å². The van der Waals surface area contributed by atoms with E-state index in [4.69, 9.17) is 9.72 Å². The highest BCUT2D eigenvalue weighted by Crippen LogP contribution is 2.37. The summed E-state index contributed by atoms with van der Waals surface area (Å²) in [5.41, 5.74) is 1.86. The highest BCUT2D eigenvalue weighted by Gasteiger charge is 2.31. The van der Waals surface area contributed by atoms with Crippen molar-refractivity contribution in [1.29, 1.82) is 0 Å². The molecule has 38 heavy (non-hydrogen) atoms. The maximum Gasteiger partial charge on any atom is 0.243 e. The fourth-order valence-corrected chi connectivity index (χ4v) is 7.08. The van der Waals surface area contributed by atoms with Crippen molar-refractivity contribution >= 4 is 39.1 Å². The number of ether oxygens (including phenoxy) is 1. The average molecular weight is 554 g/mol. The van der Waals surface area contributed by atoms with Crippen molar-refractivity contribution in [2.24, 2.45) is 7.05 Å². The molecule has 0 spiro atoms. The lowest BCUT2D eigenvalue weighted by molar-refractivity contribution is -0.108. The topological polar surface area (TPSA) is 99.3 Å². The zero-order valence-corrected chi connectivity index (χ0v) is 23.3. The highest BCUT2D eigenvalue weighted by atomic mass is 32.2. The maximum atomic E-state index is 13.3. The Morgan fingerprint density at radius 2 is 1.87 bits per heavy atom. The van der Waals surface area contributed by atoms with E-state index < -0.39 is 10.0 Å². The monoisotopic (exact) mass is 553 g/mol. The molecular weight excluding hydrogens is 522 g/mol. The number of sulfonamides is 1. The molecule has 0 bridgehead atoms. The normalized spacial score (nSPS) is 15.4. The molecule has 1 fully saturated rings. The lowest BCUT2D eigenvalue weighted by atomic mass is 9.90. The minimum absolute atomic E-state index is 0.0233. The van der Waals surface area contributed by atoms with Crippen LogP contribution < -0.4 is 4.74 Å². The average Bonchev–Trinajstić information content (AvgIpc) is 3.47. The number of hydrogen-bond donors (Lipinski definition) is 0. The number of pyridine rings is 1. The molecule has 1 saturated heterocycles. The van der Waals surface area contributed by atoms with E-state index in [2.05, 4.69) is 4.98 Å². The minimum Gasteiger partial charge on any atom is -0.491 e. The molecule has 1 aromatic carbocycles. The molecule has 5 rings (SSSR count). The minimum atomic E-state index is -3.59. The molecule has 0 aliphatic carbocycles. The second kappa shape index (κ2) is 10.9. The van der Waals surface area contributed by atoms with Gasteiger partial charge in [-0.3, -0.25) is 0 Å². The zero-order chi connectivity index (χ0) is 26.9. The van der Waals surface area contributed by atoms with Gasteiger partial charge < -0.3 is 18.7 Å². The van der Waals surface area contributed by atoms with Gasteiger partial charge in [0.25, 0.3) is 0 Å². The first-order valence-electron chi connectivity index (χ1n) is 12.6. The number of benzene rings is 1. The highest BCUT2D eigenvalue weighted by molar-refractivity contribution is 7.99. The summed E-state index contributed by atoms with van der Waals surface area (Å²) < 4.78 is 37.6. The Balaban J connectivity index is 1.34. The number of nitrogens with zero attached hydrogens (tertiary/aromatic N) is 5. The summed E-state index contributed by atoms with van der Waals surface area (Å²) in [5, 5.41) is 2.63. The molecule has 9 nitrogen and oxygen atoms in total. The third-order valence-electron chi connectivity index (χ3n) is 6.70. The Labute approximate surface area is 226 Å². The van der Waals surface area contributed by atoms with Crippen molar-refractivity contribution in [2.45, 2.75) is 60.3 Å². The van der Waals surface area contributed by atoms with Crippen LogP contribution in [0.15, 0.2) is 70.1 Å². The first kappa shape index (κ1) is 26.5. The van der Waals surface area contributed by atoms with Gasteiger partial charge in [-0.25, -0.2) is 18.4 Å². The van der Waals surface area contributed by atoms with E-state index >= 15 is 0 Å². The van der Waals surface area contributed by atoms with Crippen LogP contribution in [-0.4, -0.2) is 57.3 Å². The van der Waals surface area contributed by atoms with Crippen molar-refractivity contribution in [3.8, 4) is 5.75 Å². The maximum absolute atomic E-state index is 13.3. The SMILES string of the molecule is CC(C)Oc1ccc(S(=O)(=O)N2CCC(c3cn(CC=O)c4nc(Sc5nccn5C)ccc34)CC2)cc1. The van der Waals surface area contributed by atoms with Gasteiger partial charge in [-0.1, -0.05) is 0 Å². The second-order valence-corrected chi connectivity index (χ2v) is 12.6. The summed E-state index contributed by atoms with van der Waals surface area (Å²) in [6, 6.07) is 10.7. The van der Waals surface area contributed by atoms with Crippen LogP contribution in [0, 0.1) is 0 Å². The number of rotatable bonds is 9. The second-order valence-electron chi connectivity index (χ2n) is 9.66. The number of carbonyl (C=O) groups excluding carboxylic acids is 1. The molecule has 0 saturated carbocycles. The summed E-state index contributed by atoms with van der Waals surface area (Å²) >= 11 is 1.47. The predicted molar refractivity (Wildman–Crippen MR) is 146 cm³/mol. The molecule has 0 amide bonds. The van der Waals surface area contributed by atoms with Gasteiger partial charge in [0.2, 0.25) is 10.0 Å². The molecule has 1 aliphatic rings. The molecule has 11 heteroatoms. The van der Waals surface area contributed by atoms with E-state index in [0.29, 0.717) is 31.7 Å². The number of aryl methyl sites for hydroxylation is 1. The fourth-order valence-electron chi connectivity index (χ4n) is 4.84. The Morgan fingerprint density at radius 1 is 1.13 bits per heavy atom. The van der Waals surface area contributed by atoms with E-state index in [1.165, 1.54) is 11.8 Å². The Bertz CT molecular complexity index is 1540. The predicted octanol–water partition coefficient (Wildman–Crippen LogP) is 4.48. The lowest BCUT2D eigenvalue weighted by Gasteiger charge is -2.31. The van der Waals surface area contributed by atoms with E-state index in [1.807, 2.05) is 54.6 Å². The molecule has 1 aliphatic heterocycles. The summed E-state index contributed by atoms with van der Waals surface area (Å²) in [6.45, 7) is 4.93. The zero-order valence-electron chi connectivity index (χ0n) is 21.6. The van der Waals surface area contributed by atoms with Crippen LogP contribution in [0.5, 0.6) is 5.75 Å².